The molecule has 0 fully saturated rings. The zero-order chi connectivity index (χ0) is 14.4. The third kappa shape index (κ3) is 3.71. The molecule has 5 heteroatoms. The minimum Gasteiger partial charge on any atom is -0.481 e. The molecule has 0 saturated heterocycles. The number of carboxylic acids is 1. The standard InChI is InChI=1S/C15H16N2O3/c18-14(19)8-10-17(11-12-5-2-1-3-6-12)15(20)13-7-4-9-16-13/h1-7,9,16H,8,10-11H2,(H,18,19). The Morgan fingerprint density at radius 3 is 2.45 bits per heavy atom. The van der Waals surface area contributed by atoms with E-state index >= 15 is 0 Å². The Hall–Kier alpha value is -2.56. The van der Waals surface area contributed by atoms with E-state index < -0.39 is 5.97 Å². The number of aliphatic carboxylic acids is 1. The minimum atomic E-state index is -0.914. The Kier molecular flexibility index (Phi) is 4.55. The number of amides is 1. The number of carbonyl (C=O) groups excluding carboxylic acids is 1. The molecule has 2 rings (SSSR count). The van der Waals surface area contributed by atoms with E-state index in [2.05, 4.69) is 4.98 Å². The fourth-order valence-corrected chi connectivity index (χ4v) is 1.92. The number of hydrogen-bond donors (Lipinski definition) is 2. The number of H-pyrrole nitrogens is 1. The monoisotopic (exact) mass is 272 g/mol. The van der Waals surface area contributed by atoms with Gasteiger partial charge in [-0.3, -0.25) is 9.59 Å². The molecular formula is C15H16N2O3. The first-order chi connectivity index (χ1) is 9.66. The van der Waals surface area contributed by atoms with Crippen LogP contribution in [0.3, 0.4) is 0 Å². The van der Waals surface area contributed by atoms with E-state index in [1.807, 2.05) is 30.3 Å². The summed E-state index contributed by atoms with van der Waals surface area (Å²) in [6, 6.07) is 12.9. The number of carboxylic acid groups (broad SMARTS) is 1. The van der Waals surface area contributed by atoms with Crippen molar-refractivity contribution in [3.05, 3.63) is 59.9 Å². The Morgan fingerprint density at radius 1 is 1.10 bits per heavy atom. The van der Waals surface area contributed by atoms with Gasteiger partial charge in [0.05, 0.1) is 6.42 Å². The highest BCUT2D eigenvalue weighted by molar-refractivity contribution is 5.92. The molecule has 104 valence electrons. The van der Waals surface area contributed by atoms with Crippen LogP contribution in [0.15, 0.2) is 48.7 Å². The molecular weight excluding hydrogens is 256 g/mol. The van der Waals surface area contributed by atoms with E-state index in [1.54, 1.807) is 18.3 Å². The van der Waals surface area contributed by atoms with Crippen molar-refractivity contribution < 1.29 is 14.7 Å². The molecule has 1 aromatic carbocycles. The summed E-state index contributed by atoms with van der Waals surface area (Å²) in [5.41, 5.74) is 1.43. The highest BCUT2D eigenvalue weighted by atomic mass is 16.4. The van der Waals surface area contributed by atoms with E-state index in [0.717, 1.165) is 5.56 Å². The Labute approximate surface area is 116 Å². The smallest absolute Gasteiger partial charge is 0.305 e. The molecule has 0 bridgehead atoms. The number of rotatable bonds is 6. The second kappa shape index (κ2) is 6.56. The van der Waals surface area contributed by atoms with E-state index in [-0.39, 0.29) is 18.9 Å². The van der Waals surface area contributed by atoms with Crippen LogP contribution >= 0.6 is 0 Å². The van der Waals surface area contributed by atoms with Gasteiger partial charge in [-0.05, 0) is 17.7 Å². The lowest BCUT2D eigenvalue weighted by Crippen LogP contribution is -2.32. The molecule has 1 heterocycles. The van der Waals surface area contributed by atoms with E-state index in [0.29, 0.717) is 12.2 Å². The molecule has 0 saturated carbocycles. The molecule has 0 aliphatic heterocycles. The van der Waals surface area contributed by atoms with Crippen LogP contribution in [0.25, 0.3) is 0 Å². The van der Waals surface area contributed by atoms with Gasteiger partial charge in [-0.2, -0.15) is 0 Å². The summed E-state index contributed by atoms with van der Waals surface area (Å²) in [4.78, 5) is 27.4. The summed E-state index contributed by atoms with van der Waals surface area (Å²) in [6.07, 6.45) is 1.60. The average molecular weight is 272 g/mol. The van der Waals surface area contributed by atoms with Gasteiger partial charge in [-0.25, -0.2) is 0 Å². The van der Waals surface area contributed by atoms with E-state index in [9.17, 15) is 9.59 Å². The first kappa shape index (κ1) is 13.9. The summed E-state index contributed by atoms with van der Waals surface area (Å²) >= 11 is 0. The van der Waals surface area contributed by atoms with Gasteiger partial charge < -0.3 is 15.0 Å². The molecule has 0 unspecified atom stereocenters. The number of aromatic amines is 1. The zero-order valence-electron chi connectivity index (χ0n) is 11.0. The summed E-state index contributed by atoms with van der Waals surface area (Å²) in [7, 11) is 0. The molecule has 1 aromatic heterocycles. The number of nitrogens with one attached hydrogen (secondary N) is 1. The van der Waals surface area contributed by atoms with Crippen LogP contribution in [-0.4, -0.2) is 33.4 Å². The minimum absolute atomic E-state index is 0.0702. The summed E-state index contributed by atoms with van der Waals surface area (Å²) in [5.74, 6) is -1.11. The Balaban J connectivity index is 2.12. The Bertz CT molecular complexity index is 564. The Morgan fingerprint density at radius 2 is 1.85 bits per heavy atom. The number of nitrogens with zero attached hydrogens (tertiary/aromatic N) is 1. The quantitative estimate of drug-likeness (QED) is 0.846. The van der Waals surface area contributed by atoms with Crippen LogP contribution in [0, 0.1) is 0 Å². The molecule has 2 N–H and O–H groups in total. The van der Waals surface area contributed by atoms with Gasteiger partial charge in [0.15, 0.2) is 0 Å². The number of hydrogen-bond acceptors (Lipinski definition) is 2. The number of benzene rings is 1. The van der Waals surface area contributed by atoms with Gasteiger partial charge in [0, 0.05) is 19.3 Å². The lowest BCUT2D eigenvalue weighted by Gasteiger charge is -2.21. The van der Waals surface area contributed by atoms with Crippen LogP contribution in [-0.2, 0) is 11.3 Å². The highest BCUT2D eigenvalue weighted by Crippen LogP contribution is 2.09. The third-order valence-corrected chi connectivity index (χ3v) is 2.93. The third-order valence-electron chi connectivity index (χ3n) is 2.93. The second-order valence-electron chi connectivity index (χ2n) is 4.44. The van der Waals surface area contributed by atoms with Crippen molar-refractivity contribution in [1.82, 2.24) is 9.88 Å². The average Bonchev–Trinajstić information content (AvgIpc) is 2.97. The summed E-state index contributed by atoms with van der Waals surface area (Å²) < 4.78 is 0. The largest absolute Gasteiger partial charge is 0.481 e. The van der Waals surface area contributed by atoms with Crippen molar-refractivity contribution in [3.63, 3.8) is 0 Å². The molecule has 0 spiro atoms. The van der Waals surface area contributed by atoms with Gasteiger partial charge in [0.1, 0.15) is 5.69 Å². The van der Waals surface area contributed by atoms with Gasteiger partial charge in [-0.15, -0.1) is 0 Å². The van der Waals surface area contributed by atoms with Crippen LogP contribution in [0.5, 0.6) is 0 Å². The molecule has 0 radical (unpaired) electrons. The van der Waals surface area contributed by atoms with E-state index in [4.69, 9.17) is 5.11 Å². The number of aromatic nitrogens is 1. The molecule has 0 aliphatic carbocycles. The molecule has 2 aromatic rings. The molecule has 20 heavy (non-hydrogen) atoms. The topological polar surface area (TPSA) is 73.4 Å². The fraction of sp³-hybridized carbons (Fsp3) is 0.200. The highest BCUT2D eigenvalue weighted by Gasteiger charge is 2.17. The van der Waals surface area contributed by atoms with E-state index in [1.165, 1.54) is 4.90 Å². The summed E-state index contributed by atoms with van der Waals surface area (Å²) in [5, 5.41) is 8.80. The number of carbonyl (C=O) groups is 2. The predicted molar refractivity (Wildman–Crippen MR) is 74.2 cm³/mol. The first-order valence-corrected chi connectivity index (χ1v) is 6.35. The van der Waals surface area contributed by atoms with Gasteiger partial charge in [-0.1, -0.05) is 30.3 Å². The van der Waals surface area contributed by atoms with Crippen LogP contribution in [0.1, 0.15) is 22.5 Å². The van der Waals surface area contributed by atoms with Crippen molar-refractivity contribution in [3.8, 4) is 0 Å². The van der Waals surface area contributed by atoms with Crippen LogP contribution in [0.2, 0.25) is 0 Å². The lowest BCUT2D eigenvalue weighted by atomic mass is 10.2. The maximum atomic E-state index is 12.3. The maximum Gasteiger partial charge on any atom is 0.305 e. The SMILES string of the molecule is O=C(O)CCN(Cc1ccccc1)C(=O)c1ccc[nH]1. The summed E-state index contributed by atoms with van der Waals surface area (Å²) in [6.45, 7) is 0.577. The van der Waals surface area contributed by atoms with Crippen molar-refractivity contribution in [2.45, 2.75) is 13.0 Å². The van der Waals surface area contributed by atoms with Crippen molar-refractivity contribution in [2.24, 2.45) is 0 Å². The lowest BCUT2D eigenvalue weighted by molar-refractivity contribution is -0.137. The molecule has 5 nitrogen and oxygen atoms in total. The van der Waals surface area contributed by atoms with Crippen LogP contribution in [0.4, 0.5) is 0 Å². The van der Waals surface area contributed by atoms with Gasteiger partial charge >= 0.3 is 5.97 Å². The second-order valence-corrected chi connectivity index (χ2v) is 4.44. The van der Waals surface area contributed by atoms with Crippen molar-refractivity contribution >= 4 is 11.9 Å². The van der Waals surface area contributed by atoms with Gasteiger partial charge in [0.2, 0.25) is 0 Å². The van der Waals surface area contributed by atoms with Crippen molar-refractivity contribution in [1.29, 1.82) is 0 Å². The van der Waals surface area contributed by atoms with Crippen molar-refractivity contribution in [2.75, 3.05) is 6.54 Å². The maximum absolute atomic E-state index is 12.3. The molecule has 0 atom stereocenters. The normalized spacial score (nSPS) is 10.2. The van der Waals surface area contributed by atoms with Crippen LogP contribution < -0.4 is 0 Å². The fourth-order valence-electron chi connectivity index (χ4n) is 1.92. The molecule has 0 aliphatic rings. The first-order valence-electron chi connectivity index (χ1n) is 6.35. The van der Waals surface area contributed by atoms with Gasteiger partial charge in [0.25, 0.3) is 5.91 Å². The molecule has 1 amide bonds. The predicted octanol–water partition coefficient (Wildman–Crippen LogP) is 2.13. The zero-order valence-corrected chi connectivity index (χ0v) is 11.0.